The van der Waals surface area contributed by atoms with Crippen LogP contribution in [-0.4, -0.2) is 43.3 Å². The van der Waals surface area contributed by atoms with Gasteiger partial charge in [0.1, 0.15) is 0 Å². The lowest BCUT2D eigenvalue weighted by molar-refractivity contribution is 0.0245. The summed E-state index contributed by atoms with van der Waals surface area (Å²) in [6.45, 7) is 0.912. The van der Waals surface area contributed by atoms with Crippen LogP contribution in [0.4, 0.5) is 0 Å². The highest BCUT2D eigenvalue weighted by Gasteiger charge is 2.19. The molecule has 0 radical (unpaired) electrons. The highest BCUT2D eigenvalue weighted by molar-refractivity contribution is 7.89. The molecule has 1 aliphatic carbocycles. The lowest BCUT2D eigenvalue weighted by Crippen LogP contribution is -2.31. The van der Waals surface area contributed by atoms with Gasteiger partial charge in [-0.2, -0.15) is 0 Å². The number of ether oxygens (including phenoxy) is 1. The van der Waals surface area contributed by atoms with Crippen LogP contribution in [0.1, 0.15) is 32.1 Å². The molecule has 1 aliphatic rings. The molecular formula is C13H24N4O3S. The third kappa shape index (κ3) is 5.06. The average molecular weight is 316 g/mol. The van der Waals surface area contributed by atoms with Gasteiger partial charge in [0, 0.05) is 32.4 Å². The van der Waals surface area contributed by atoms with Crippen LogP contribution < -0.4 is 10.5 Å². The summed E-state index contributed by atoms with van der Waals surface area (Å²) in [4.78, 5) is 3.84. The molecule has 8 heteroatoms. The van der Waals surface area contributed by atoms with Crippen molar-refractivity contribution in [2.45, 2.75) is 49.3 Å². The number of hydrogen-bond acceptors (Lipinski definition) is 5. The van der Waals surface area contributed by atoms with Gasteiger partial charge in [0.25, 0.3) is 10.0 Å². The van der Waals surface area contributed by atoms with E-state index in [9.17, 15) is 8.42 Å². The Hall–Kier alpha value is -0.960. The monoisotopic (exact) mass is 316 g/mol. The summed E-state index contributed by atoms with van der Waals surface area (Å²) in [7, 11) is -1.77. The molecule has 1 saturated carbocycles. The van der Waals surface area contributed by atoms with Crippen LogP contribution in [0.2, 0.25) is 0 Å². The summed E-state index contributed by atoms with van der Waals surface area (Å²) in [6.07, 6.45) is 7.89. The van der Waals surface area contributed by atoms with Crippen LogP contribution in [0.15, 0.2) is 17.6 Å². The van der Waals surface area contributed by atoms with E-state index in [0.717, 1.165) is 25.7 Å². The van der Waals surface area contributed by atoms with Crippen molar-refractivity contribution in [1.29, 1.82) is 0 Å². The van der Waals surface area contributed by atoms with Crippen molar-refractivity contribution in [2.75, 3.05) is 13.2 Å². The second kappa shape index (κ2) is 7.35. The van der Waals surface area contributed by atoms with Crippen LogP contribution in [-0.2, 0) is 21.8 Å². The summed E-state index contributed by atoms with van der Waals surface area (Å²) in [5.41, 5.74) is 5.84. The fourth-order valence-corrected chi connectivity index (χ4v) is 3.44. The first-order valence-corrected chi connectivity index (χ1v) is 8.80. The lowest BCUT2D eigenvalue weighted by atomic mass is 9.94. The van der Waals surface area contributed by atoms with Crippen molar-refractivity contribution in [3.8, 4) is 0 Å². The number of aryl methyl sites for hydroxylation is 1. The smallest absolute Gasteiger partial charge is 0.259 e. The van der Waals surface area contributed by atoms with Crippen molar-refractivity contribution in [1.82, 2.24) is 14.3 Å². The maximum atomic E-state index is 11.9. The minimum Gasteiger partial charge on any atom is -0.378 e. The standard InChI is InChI=1S/C13H24N4O3S/c1-17-9-13(15-10-17)21(18,19)16-7-2-8-20-12-5-3-11(14)4-6-12/h9-12,16H,2-8,14H2,1H3. The Kier molecular flexibility index (Phi) is 5.74. The third-order valence-corrected chi connectivity index (χ3v) is 4.99. The van der Waals surface area contributed by atoms with Gasteiger partial charge < -0.3 is 15.0 Å². The van der Waals surface area contributed by atoms with E-state index >= 15 is 0 Å². The van der Waals surface area contributed by atoms with E-state index in [4.69, 9.17) is 10.5 Å². The molecule has 1 fully saturated rings. The van der Waals surface area contributed by atoms with Crippen LogP contribution >= 0.6 is 0 Å². The Labute approximate surface area is 125 Å². The van der Waals surface area contributed by atoms with Crippen molar-refractivity contribution in [2.24, 2.45) is 12.8 Å². The molecule has 21 heavy (non-hydrogen) atoms. The zero-order valence-corrected chi connectivity index (χ0v) is 13.2. The molecule has 0 spiro atoms. The molecule has 1 heterocycles. The second-order valence-electron chi connectivity index (χ2n) is 5.54. The van der Waals surface area contributed by atoms with Gasteiger partial charge in [-0.25, -0.2) is 18.1 Å². The highest BCUT2D eigenvalue weighted by atomic mass is 32.2. The van der Waals surface area contributed by atoms with Crippen molar-refractivity contribution in [3.63, 3.8) is 0 Å². The summed E-state index contributed by atoms with van der Waals surface area (Å²) in [5, 5.41) is 0.0483. The van der Waals surface area contributed by atoms with Crippen LogP contribution in [0.25, 0.3) is 0 Å². The van der Waals surface area contributed by atoms with E-state index in [1.54, 1.807) is 11.6 Å². The molecule has 3 N–H and O–H groups in total. The predicted molar refractivity (Wildman–Crippen MR) is 79.2 cm³/mol. The van der Waals surface area contributed by atoms with Crippen LogP contribution in [0.3, 0.4) is 0 Å². The van der Waals surface area contributed by atoms with Gasteiger partial charge >= 0.3 is 0 Å². The van der Waals surface area contributed by atoms with E-state index in [1.165, 1.54) is 12.5 Å². The average Bonchev–Trinajstić information content (AvgIpc) is 2.88. The molecule has 0 atom stereocenters. The molecule has 0 amide bonds. The second-order valence-corrected chi connectivity index (χ2v) is 7.25. The van der Waals surface area contributed by atoms with E-state index in [0.29, 0.717) is 25.6 Å². The fraction of sp³-hybridized carbons (Fsp3) is 0.769. The molecule has 0 aromatic carbocycles. The van der Waals surface area contributed by atoms with Crippen LogP contribution in [0, 0.1) is 0 Å². The summed E-state index contributed by atoms with van der Waals surface area (Å²) in [5.74, 6) is 0. The van der Waals surface area contributed by atoms with Crippen molar-refractivity contribution in [3.05, 3.63) is 12.5 Å². The van der Waals surface area contributed by atoms with Gasteiger partial charge in [-0.3, -0.25) is 0 Å². The van der Waals surface area contributed by atoms with E-state index in [-0.39, 0.29) is 11.1 Å². The highest BCUT2D eigenvalue weighted by Crippen LogP contribution is 2.19. The Bertz CT molecular complexity index is 535. The number of sulfonamides is 1. The molecule has 0 aliphatic heterocycles. The number of aromatic nitrogens is 2. The maximum Gasteiger partial charge on any atom is 0.259 e. The van der Waals surface area contributed by atoms with Gasteiger partial charge in [0.05, 0.1) is 12.4 Å². The van der Waals surface area contributed by atoms with Gasteiger partial charge in [-0.1, -0.05) is 0 Å². The number of nitrogens with one attached hydrogen (secondary N) is 1. The molecule has 120 valence electrons. The number of imidazole rings is 1. The number of hydrogen-bond donors (Lipinski definition) is 2. The largest absolute Gasteiger partial charge is 0.378 e. The van der Waals surface area contributed by atoms with Crippen LogP contribution in [0.5, 0.6) is 0 Å². The van der Waals surface area contributed by atoms with Crippen molar-refractivity contribution < 1.29 is 13.2 Å². The molecule has 0 bridgehead atoms. The molecule has 7 nitrogen and oxygen atoms in total. The SMILES string of the molecule is Cn1cnc(S(=O)(=O)NCCCOC2CCC(N)CC2)c1. The summed E-state index contributed by atoms with van der Waals surface area (Å²) < 4.78 is 33.7. The van der Waals surface area contributed by atoms with Gasteiger partial charge in [-0.05, 0) is 32.1 Å². The molecule has 2 rings (SSSR count). The topological polar surface area (TPSA) is 99.2 Å². The van der Waals surface area contributed by atoms with E-state index in [2.05, 4.69) is 9.71 Å². The van der Waals surface area contributed by atoms with Crippen molar-refractivity contribution >= 4 is 10.0 Å². The normalized spacial score (nSPS) is 23.3. The number of rotatable bonds is 7. The minimum absolute atomic E-state index is 0.0483. The summed E-state index contributed by atoms with van der Waals surface area (Å²) in [6, 6.07) is 0.315. The maximum absolute atomic E-state index is 11.9. The molecule has 0 saturated heterocycles. The first-order chi connectivity index (χ1) is 9.97. The Morgan fingerprint density at radius 3 is 2.76 bits per heavy atom. The van der Waals surface area contributed by atoms with Gasteiger partial charge in [0.2, 0.25) is 0 Å². The van der Waals surface area contributed by atoms with E-state index < -0.39 is 10.0 Å². The molecule has 1 aromatic rings. The molecular weight excluding hydrogens is 292 g/mol. The van der Waals surface area contributed by atoms with Gasteiger partial charge in [-0.15, -0.1) is 0 Å². The first kappa shape index (κ1) is 16.4. The minimum atomic E-state index is -3.51. The Morgan fingerprint density at radius 2 is 2.14 bits per heavy atom. The first-order valence-electron chi connectivity index (χ1n) is 7.32. The zero-order chi connectivity index (χ0) is 15.3. The quantitative estimate of drug-likeness (QED) is 0.708. The predicted octanol–water partition coefficient (Wildman–Crippen LogP) is 0.375. The molecule has 1 aromatic heterocycles. The number of nitrogens with zero attached hydrogens (tertiary/aromatic N) is 2. The fourth-order valence-electron chi connectivity index (χ4n) is 2.39. The summed E-state index contributed by atoms with van der Waals surface area (Å²) >= 11 is 0. The Balaban J connectivity index is 1.63. The van der Waals surface area contributed by atoms with Gasteiger partial charge in [0.15, 0.2) is 5.03 Å². The Morgan fingerprint density at radius 1 is 1.43 bits per heavy atom. The molecule has 0 unspecified atom stereocenters. The van der Waals surface area contributed by atoms with E-state index in [1.807, 2.05) is 0 Å². The zero-order valence-electron chi connectivity index (χ0n) is 12.4. The third-order valence-electron chi connectivity index (χ3n) is 3.64. The number of nitrogens with two attached hydrogens (primary N) is 1. The lowest BCUT2D eigenvalue weighted by Gasteiger charge is -2.26.